The third kappa shape index (κ3) is 4.82. The predicted molar refractivity (Wildman–Crippen MR) is 64.0 cm³/mol. The highest BCUT2D eigenvalue weighted by molar-refractivity contribution is 5.76. The van der Waals surface area contributed by atoms with E-state index in [9.17, 15) is 4.79 Å². The summed E-state index contributed by atoms with van der Waals surface area (Å²) < 4.78 is 0. The van der Waals surface area contributed by atoms with E-state index in [0.717, 1.165) is 5.56 Å². The summed E-state index contributed by atoms with van der Waals surface area (Å²) in [6.07, 6.45) is 0.519. The lowest BCUT2D eigenvalue weighted by atomic mass is 9.92. The fraction of sp³-hybridized carbons (Fsp3) is 0.462. The first kappa shape index (κ1) is 12.6. The molecule has 1 aromatic carbocycles. The molecule has 3 heteroatoms. The Hall–Kier alpha value is -1.51. The molecule has 0 spiro atoms. The molecule has 0 radical (unpaired) electrons. The van der Waals surface area contributed by atoms with Crippen LogP contribution in [0, 0.1) is 5.41 Å². The molecule has 0 saturated heterocycles. The van der Waals surface area contributed by atoms with Gasteiger partial charge < -0.3 is 10.4 Å². The van der Waals surface area contributed by atoms with Crippen LogP contribution in [0.2, 0.25) is 0 Å². The molecule has 1 aromatic rings. The summed E-state index contributed by atoms with van der Waals surface area (Å²) in [6, 6.07) is 6.83. The second kappa shape index (κ2) is 5.01. The SMILES string of the molecule is CC(C)(C)CC(=O)NCc1ccc(O)cc1. The van der Waals surface area contributed by atoms with Crippen LogP contribution in [-0.2, 0) is 11.3 Å². The molecule has 0 atom stereocenters. The molecule has 0 aliphatic rings. The van der Waals surface area contributed by atoms with E-state index in [4.69, 9.17) is 5.11 Å². The Bertz CT molecular complexity index is 349. The van der Waals surface area contributed by atoms with E-state index < -0.39 is 0 Å². The second-order valence-electron chi connectivity index (χ2n) is 5.18. The number of hydrogen-bond acceptors (Lipinski definition) is 2. The highest BCUT2D eigenvalue weighted by Crippen LogP contribution is 2.18. The predicted octanol–water partition coefficient (Wildman–Crippen LogP) is 2.44. The van der Waals surface area contributed by atoms with Crippen molar-refractivity contribution in [1.29, 1.82) is 0 Å². The van der Waals surface area contributed by atoms with E-state index in [2.05, 4.69) is 5.32 Å². The van der Waals surface area contributed by atoms with Crippen molar-refractivity contribution in [1.82, 2.24) is 5.32 Å². The maximum Gasteiger partial charge on any atom is 0.220 e. The third-order valence-corrected chi connectivity index (χ3v) is 2.12. The van der Waals surface area contributed by atoms with Gasteiger partial charge >= 0.3 is 0 Å². The smallest absolute Gasteiger partial charge is 0.220 e. The van der Waals surface area contributed by atoms with Crippen LogP contribution in [0.1, 0.15) is 32.8 Å². The van der Waals surface area contributed by atoms with E-state index in [0.29, 0.717) is 13.0 Å². The number of carbonyl (C=O) groups is 1. The highest BCUT2D eigenvalue weighted by atomic mass is 16.3. The number of phenolic OH excluding ortho intramolecular Hbond substituents is 1. The van der Waals surface area contributed by atoms with Crippen molar-refractivity contribution in [3.63, 3.8) is 0 Å². The molecule has 0 fully saturated rings. The van der Waals surface area contributed by atoms with Gasteiger partial charge in [0.2, 0.25) is 5.91 Å². The molecule has 88 valence electrons. The van der Waals surface area contributed by atoms with Crippen LogP contribution in [0.15, 0.2) is 24.3 Å². The minimum atomic E-state index is 0.0129. The summed E-state index contributed by atoms with van der Waals surface area (Å²) in [6.45, 7) is 6.61. The first-order valence-electron chi connectivity index (χ1n) is 5.41. The highest BCUT2D eigenvalue weighted by Gasteiger charge is 2.15. The van der Waals surface area contributed by atoms with Crippen LogP contribution in [0.25, 0.3) is 0 Å². The zero-order valence-corrected chi connectivity index (χ0v) is 10.1. The van der Waals surface area contributed by atoms with Gasteiger partial charge in [0, 0.05) is 13.0 Å². The molecular weight excluding hydrogens is 202 g/mol. The van der Waals surface area contributed by atoms with E-state index in [-0.39, 0.29) is 17.1 Å². The third-order valence-electron chi connectivity index (χ3n) is 2.12. The van der Waals surface area contributed by atoms with Gasteiger partial charge in [0.1, 0.15) is 5.75 Å². The quantitative estimate of drug-likeness (QED) is 0.823. The standard InChI is InChI=1S/C13H19NO2/c1-13(2,3)8-12(16)14-9-10-4-6-11(15)7-5-10/h4-7,15H,8-9H2,1-3H3,(H,14,16). The van der Waals surface area contributed by atoms with Crippen LogP contribution in [0.5, 0.6) is 5.75 Å². The van der Waals surface area contributed by atoms with Crippen LogP contribution in [0.3, 0.4) is 0 Å². The van der Waals surface area contributed by atoms with E-state index >= 15 is 0 Å². The molecule has 16 heavy (non-hydrogen) atoms. The molecular formula is C13H19NO2. The zero-order chi connectivity index (χ0) is 12.2. The number of benzene rings is 1. The van der Waals surface area contributed by atoms with E-state index in [1.807, 2.05) is 20.8 Å². The van der Waals surface area contributed by atoms with Crippen LogP contribution >= 0.6 is 0 Å². The van der Waals surface area contributed by atoms with Crippen molar-refractivity contribution in [2.24, 2.45) is 5.41 Å². The Morgan fingerprint density at radius 1 is 1.25 bits per heavy atom. The first-order chi connectivity index (χ1) is 7.37. The molecule has 0 aliphatic carbocycles. The van der Waals surface area contributed by atoms with Gasteiger partial charge in [0.15, 0.2) is 0 Å². The minimum absolute atomic E-state index is 0.0129. The van der Waals surface area contributed by atoms with Gasteiger partial charge in [-0.2, -0.15) is 0 Å². The average Bonchev–Trinajstić information content (AvgIpc) is 2.14. The number of rotatable bonds is 3. The molecule has 0 heterocycles. The Morgan fingerprint density at radius 2 is 1.81 bits per heavy atom. The van der Waals surface area contributed by atoms with Gasteiger partial charge in [-0.1, -0.05) is 32.9 Å². The van der Waals surface area contributed by atoms with Gasteiger partial charge in [0.25, 0.3) is 0 Å². The number of nitrogens with one attached hydrogen (secondary N) is 1. The van der Waals surface area contributed by atoms with Crippen LogP contribution < -0.4 is 5.32 Å². The second-order valence-corrected chi connectivity index (χ2v) is 5.18. The molecule has 0 aliphatic heterocycles. The van der Waals surface area contributed by atoms with Crippen molar-refractivity contribution in [2.75, 3.05) is 0 Å². The van der Waals surface area contributed by atoms with E-state index in [1.165, 1.54) is 0 Å². The molecule has 3 nitrogen and oxygen atoms in total. The maximum atomic E-state index is 11.5. The summed E-state index contributed by atoms with van der Waals surface area (Å²) in [5, 5.41) is 12.0. The number of aromatic hydroxyl groups is 1. The largest absolute Gasteiger partial charge is 0.508 e. The topological polar surface area (TPSA) is 49.3 Å². The van der Waals surface area contributed by atoms with Gasteiger partial charge in [0.05, 0.1) is 0 Å². The minimum Gasteiger partial charge on any atom is -0.508 e. The Morgan fingerprint density at radius 3 is 2.31 bits per heavy atom. The monoisotopic (exact) mass is 221 g/mol. The maximum absolute atomic E-state index is 11.5. The Kier molecular flexibility index (Phi) is 3.93. The van der Waals surface area contributed by atoms with Gasteiger partial charge in [-0.25, -0.2) is 0 Å². The molecule has 0 aromatic heterocycles. The lowest BCUT2D eigenvalue weighted by Crippen LogP contribution is -2.27. The molecule has 0 bridgehead atoms. The van der Waals surface area contributed by atoms with Gasteiger partial charge in [-0.3, -0.25) is 4.79 Å². The molecule has 2 N–H and O–H groups in total. The zero-order valence-electron chi connectivity index (χ0n) is 10.1. The normalized spacial score (nSPS) is 11.2. The molecule has 1 amide bonds. The van der Waals surface area contributed by atoms with Gasteiger partial charge in [-0.15, -0.1) is 0 Å². The molecule has 1 rings (SSSR count). The Balaban J connectivity index is 2.40. The summed E-state index contributed by atoms with van der Waals surface area (Å²) in [7, 11) is 0. The fourth-order valence-corrected chi connectivity index (χ4v) is 1.36. The molecule has 0 unspecified atom stereocenters. The fourth-order valence-electron chi connectivity index (χ4n) is 1.36. The van der Waals surface area contributed by atoms with Crippen LogP contribution in [-0.4, -0.2) is 11.0 Å². The molecule has 0 saturated carbocycles. The lowest BCUT2D eigenvalue weighted by molar-refractivity contribution is -0.122. The average molecular weight is 221 g/mol. The van der Waals surface area contributed by atoms with Crippen molar-refractivity contribution < 1.29 is 9.90 Å². The summed E-state index contributed by atoms with van der Waals surface area (Å²) in [4.78, 5) is 11.5. The number of hydrogen-bond donors (Lipinski definition) is 2. The summed E-state index contributed by atoms with van der Waals surface area (Å²) in [5.41, 5.74) is 0.999. The van der Waals surface area contributed by atoms with Crippen molar-refractivity contribution >= 4 is 5.91 Å². The van der Waals surface area contributed by atoms with Gasteiger partial charge in [-0.05, 0) is 23.1 Å². The summed E-state index contributed by atoms with van der Waals surface area (Å²) >= 11 is 0. The number of carbonyl (C=O) groups excluding carboxylic acids is 1. The van der Waals surface area contributed by atoms with Crippen molar-refractivity contribution in [2.45, 2.75) is 33.7 Å². The van der Waals surface area contributed by atoms with Crippen molar-refractivity contribution in [3.05, 3.63) is 29.8 Å². The number of amides is 1. The Labute approximate surface area is 96.5 Å². The summed E-state index contributed by atoms with van der Waals surface area (Å²) in [5.74, 6) is 0.297. The van der Waals surface area contributed by atoms with Crippen LogP contribution in [0.4, 0.5) is 0 Å². The van der Waals surface area contributed by atoms with Crippen molar-refractivity contribution in [3.8, 4) is 5.75 Å². The number of phenols is 1. The van der Waals surface area contributed by atoms with E-state index in [1.54, 1.807) is 24.3 Å². The lowest BCUT2D eigenvalue weighted by Gasteiger charge is -2.17. The first-order valence-corrected chi connectivity index (χ1v) is 5.41.